The third kappa shape index (κ3) is 2.16. The zero-order valence-corrected chi connectivity index (χ0v) is 11.2. The molecule has 0 atom stereocenters. The van der Waals surface area contributed by atoms with Crippen molar-refractivity contribution in [3.8, 4) is 0 Å². The van der Waals surface area contributed by atoms with E-state index in [0.29, 0.717) is 0 Å². The fraction of sp³-hybridized carbons (Fsp3) is 0.188. The van der Waals surface area contributed by atoms with Crippen molar-refractivity contribution in [1.82, 2.24) is 4.98 Å². The fourth-order valence-corrected chi connectivity index (χ4v) is 3.22. The van der Waals surface area contributed by atoms with Gasteiger partial charge >= 0.3 is 0 Å². The van der Waals surface area contributed by atoms with Crippen LogP contribution in [0.2, 0.25) is 0 Å². The molecule has 18 heavy (non-hydrogen) atoms. The van der Waals surface area contributed by atoms with Gasteiger partial charge in [-0.05, 0) is 29.7 Å². The predicted molar refractivity (Wildman–Crippen MR) is 78.2 cm³/mol. The highest BCUT2D eigenvalue weighted by atomic mass is 32.1. The van der Waals surface area contributed by atoms with Gasteiger partial charge in [0.15, 0.2) is 0 Å². The molecule has 1 aromatic heterocycles. The lowest BCUT2D eigenvalue weighted by molar-refractivity contribution is 1.05. The largest absolute Gasteiger partial charge is 0.241 e. The average molecular weight is 253 g/mol. The number of hydrogen-bond acceptors (Lipinski definition) is 2. The number of para-hydroxylation sites is 1. The van der Waals surface area contributed by atoms with E-state index in [-0.39, 0.29) is 0 Å². The average Bonchev–Trinajstić information content (AvgIpc) is 2.81. The van der Waals surface area contributed by atoms with Crippen LogP contribution >= 0.6 is 11.3 Å². The number of aromatic nitrogens is 1. The summed E-state index contributed by atoms with van der Waals surface area (Å²) in [7, 11) is 0. The highest BCUT2D eigenvalue weighted by Gasteiger charge is 2.06. The van der Waals surface area contributed by atoms with Crippen molar-refractivity contribution in [2.24, 2.45) is 0 Å². The number of benzene rings is 2. The lowest BCUT2D eigenvalue weighted by Crippen LogP contribution is -1.93. The Bertz CT molecular complexity index is 636. The Morgan fingerprint density at radius 3 is 2.44 bits per heavy atom. The van der Waals surface area contributed by atoms with Crippen LogP contribution in [-0.4, -0.2) is 4.98 Å². The fourth-order valence-electron chi connectivity index (χ4n) is 2.23. The van der Waals surface area contributed by atoms with Crippen LogP contribution in [0.1, 0.15) is 23.1 Å². The Hall–Kier alpha value is -1.67. The van der Waals surface area contributed by atoms with Gasteiger partial charge in [-0.1, -0.05) is 43.3 Å². The van der Waals surface area contributed by atoms with Crippen LogP contribution in [0.5, 0.6) is 0 Å². The summed E-state index contributed by atoms with van der Waals surface area (Å²) in [4.78, 5) is 4.70. The van der Waals surface area contributed by atoms with E-state index in [9.17, 15) is 0 Å². The highest BCUT2D eigenvalue weighted by molar-refractivity contribution is 7.18. The Morgan fingerprint density at radius 2 is 1.67 bits per heavy atom. The van der Waals surface area contributed by atoms with Crippen molar-refractivity contribution in [3.63, 3.8) is 0 Å². The molecule has 0 unspecified atom stereocenters. The quantitative estimate of drug-likeness (QED) is 0.672. The smallest absolute Gasteiger partial charge is 0.0982 e. The first-order valence-corrected chi connectivity index (χ1v) is 7.09. The maximum absolute atomic E-state index is 4.70. The molecule has 90 valence electrons. The second-order valence-corrected chi connectivity index (χ2v) is 5.49. The molecule has 0 N–H and O–H groups in total. The molecule has 1 heterocycles. The molecule has 0 aliphatic rings. The van der Waals surface area contributed by atoms with Gasteiger partial charge in [-0.25, -0.2) is 4.98 Å². The van der Waals surface area contributed by atoms with E-state index in [1.165, 1.54) is 20.8 Å². The Kier molecular flexibility index (Phi) is 3.11. The molecule has 0 saturated heterocycles. The van der Waals surface area contributed by atoms with Crippen molar-refractivity contribution in [1.29, 1.82) is 0 Å². The molecule has 0 fully saturated rings. The third-order valence-electron chi connectivity index (χ3n) is 3.18. The zero-order valence-electron chi connectivity index (χ0n) is 10.4. The summed E-state index contributed by atoms with van der Waals surface area (Å²) in [6.07, 6.45) is 2.03. The SMILES string of the molecule is CCc1ccccc1Cc1nc2ccccc2s1. The summed E-state index contributed by atoms with van der Waals surface area (Å²) >= 11 is 1.80. The summed E-state index contributed by atoms with van der Waals surface area (Å²) in [6, 6.07) is 17.0. The molecule has 0 spiro atoms. The summed E-state index contributed by atoms with van der Waals surface area (Å²) in [5.41, 5.74) is 3.95. The summed E-state index contributed by atoms with van der Waals surface area (Å²) < 4.78 is 1.28. The van der Waals surface area contributed by atoms with Crippen molar-refractivity contribution in [2.75, 3.05) is 0 Å². The predicted octanol–water partition coefficient (Wildman–Crippen LogP) is 4.45. The van der Waals surface area contributed by atoms with Crippen molar-refractivity contribution in [2.45, 2.75) is 19.8 Å². The molecule has 0 radical (unpaired) electrons. The first kappa shape index (κ1) is 11.4. The molecular weight excluding hydrogens is 238 g/mol. The molecule has 0 aliphatic carbocycles. The number of rotatable bonds is 3. The van der Waals surface area contributed by atoms with Gasteiger partial charge in [0.2, 0.25) is 0 Å². The van der Waals surface area contributed by atoms with Crippen LogP contribution in [0.25, 0.3) is 10.2 Å². The van der Waals surface area contributed by atoms with Gasteiger partial charge in [0, 0.05) is 6.42 Å². The number of fused-ring (bicyclic) bond motifs is 1. The Balaban J connectivity index is 1.96. The molecule has 3 aromatic rings. The van der Waals surface area contributed by atoms with Crippen LogP contribution in [0.15, 0.2) is 48.5 Å². The molecule has 0 amide bonds. The lowest BCUT2D eigenvalue weighted by Gasteiger charge is -2.04. The minimum Gasteiger partial charge on any atom is -0.241 e. The summed E-state index contributed by atoms with van der Waals surface area (Å²) in [5.74, 6) is 0. The molecule has 1 nitrogen and oxygen atoms in total. The van der Waals surface area contributed by atoms with Crippen LogP contribution in [0.3, 0.4) is 0 Å². The summed E-state index contributed by atoms with van der Waals surface area (Å²) in [6.45, 7) is 2.21. The molecule has 0 saturated carbocycles. The van der Waals surface area contributed by atoms with E-state index in [2.05, 4.69) is 49.4 Å². The third-order valence-corrected chi connectivity index (χ3v) is 4.22. The molecule has 2 heteroatoms. The maximum Gasteiger partial charge on any atom is 0.0982 e. The lowest BCUT2D eigenvalue weighted by atomic mass is 10.0. The number of nitrogens with zero attached hydrogens (tertiary/aromatic N) is 1. The number of hydrogen-bond donors (Lipinski definition) is 0. The van der Waals surface area contributed by atoms with Gasteiger partial charge in [-0.15, -0.1) is 11.3 Å². The molecule has 0 bridgehead atoms. The zero-order chi connectivity index (χ0) is 12.4. The number of thiazole rings is 1. The topological polar surface area (TPSA) is 12.9 Å². The van der Waals surface area contributed by atoms with E-state index in [4.69, 9.17) is 4.98 Å². The van der Waals surface area contributed by atoms with Crippen molar-refractivity contribution < 1.29 is 0 Å². The van der Waals surface area contributed by atoms with Crippen molar-refractivity contribution >= 4 is 21.6 Å². The monoisotopic (exact) mass is 253 g/mol. The van der Waals surface area contributed by atoms with E-state index in [1.807, 2.05) is 6.07 Å². The van der Waals surface area contributed by atoms with Gasteiger partial charge in [0.25, 0.3) is 0 Å². The van der Waals surface area contributed by atoms with Gasteiger partial charge < -0.3 is 0 Å². The second-order valence-electron chi connectivity index (χ2n) is 4.37. The van der Waals surface area contributed by atoms with Crippen LogP contribution in [0, 0.1) is 0 Å². The maximum atomic E-state index is 4.70. The highest BCUT2D eigenvalue weighted by Crippen LogP contribution is 2.24. The van der Waals surface area contributed by atoms with E-state index < -0.39 is 0 Å². The standard InChI is InChI=1S/C16H15NS/c1-2-12-7-3-4-8-13(12)11-16-17-14-9-5-6-10-15(14)18-16/h3-10H,2,11H2,1H3. The van der Waals surface area contributed by atoms with Crippen LogP contribution in [-0.2, 0) is 12.8 Å². The molecule has 3 rings (SSSR count). The first-order valence-electron chi connectivity index (χ1n) is 6.28. The second kappa shape index (κ2) is 4.91. The molecule has 0 aliphatic heterocycles. The number of aryl methyl sites for hydroxylation is 1. The normalized spacial score (nSPS) is 10.9. The van der Waals surface area contributed by atoms with E-state index in [0.717, 1.165) is 18.4 Å². The van der Waals surface area contributed by atoms with Crippen LogP contribution < -0.4 is 0 Å². The van der Waals surface area contributed by atoms with E-state index >= 15 is 0 Å². The molecule has 2 aromatic carbocycles. The minimum absolute atomic E-state index is 0.948. The van der Waals surface area contributed by atoms with Gasteiger partial charge in [-0.2, -0.15) is 0 Å². The Labute approximate surface area is 111 Å². The summed E-state index contributed by atoms with van der Waals surface area (Å²) in [5, 5.41) is 1.21. The van der Waals surface area contributed by atoms with Crippen LogP contribution in [0.4, 0.5) is 0 Å². The van der Waals surface area contributed by atoms with E-state index in [1.54, 1.807) is 11.3 Å². The van der Waals surface area contributed by atoms with Crippen molar-refractivity contribution in [3.05, 3.63) is 64.7 Å². The van der Waals surface area contributed by atoms with Gasteiger partial charge in [0.1, 0.15) is 0 Å². The molecular formula is C16H15NS. The Morgan fingerprint density at radius 1 is 0.944 bits per heavy atom. The van der Waals surface area contributed by atoms with Gasteiger partial charge in [0.05, 0.1) is 15.2 Å². The van der Waals surface area contributed by atoms with Gasteiger partial charge in [-0.3, -0.25) is 0 Å². The first-order chi connectivity index (χ1) is 8.86. The minimum atomic E-state index is 0.948.